The Morgan fingerprint density at radius 3 is 1.52 bits per heavy atom. The summed E-state index contributed by atoms with van der Waals surface area (Å²) >= 11 is 0. The maximum Gasteiger partial charge on any atom is 0.164 e. The number of hydrogen-bond acceptors (Lipinski definition) is 3. The van der Waals surface area contributed by atoms with Crippen molar-refractivity contribution in [2.75, 3.05) is 0 Å². The third-order valence-electron chi connectivity index (χ3n) is 3.08. The van der Waals surface area contributed by atoms with Gasteiger partial charge in [0.1, 0.15) is 0 Å². The summed E-state index contributed by atoms with van der Waals surface area (Å²) in [6.45, 7) is 5.84. The van der Waals surface area contributed by atoms with Gasteiger partial charge in [0.25, 0.3) is 0 Å². The molecule has 3 nitrogen and oxygen atoms in total. The molecule has 102 valence electrons. The molecule has 3 heteroatoms. The Balaban J connectivity index is 2.18. The molecule has 0 spiro atoms. The Morgan fingerprint density at radius 1 is 0.714 bits per heavy atom. The van der Waals surface area contributed by atoms with E-state index in [-0.39, 0.29) is 0 Å². The van der Waals surface area contributed by atoms with Crippen molar-refractivity contribution in [3.8, 4) is 22.8 Å². The minimum atomic E-state index is 0.628. The second kappa shape index (κ2) is 5.67. The molecule has 0 aliphatic heterocycles. The van der Waals surface area contributed by atoms with Crippen LogP contribution in [0.5, 0.6) is 0 Å². The van der Waals surface area contributed by atoms with E-state index in [1.54, 1.807) is 0 Å². The molecule has 0 unspecified atom stereocenters. The van der Waals surface area contributed by atoms with Crippen molar-refractivity contribution in [3.05, 3.63) is 73.1 Å². The maximum atomic E-state index is 4.59. The SMILES string of the molecule is C=C(C)c1nc(-c2ccccc2)nc(-c2ccccc2)n1. The topological polar surface area (TPSA) is 38.7 Å². The Hall–Kier alpha value is -2.81. The second-order valence-electron chi connectivity index (χ2n) is 4.82. The van der Waals surface area contributed by atoms with E-state index in [1.165, 1.54) is 0 Å². The van der Waals surface area contributed by atoms with Crippen LogP contribution in [0.1, 0.15) is 12.7 Å². The summed E-state index contributed by atoms with van der Waals surface area (Å²) in [7, 11) is 0. The fourth-order valence-electron chi connectivity index (χ4n) is 2.00. The van der Waals surface area contributed by atoms with Crippen LogP contribution in [0.15, 0.2) is 67.2 Å². The first kappa shape index (κ1) is 13.2. The van der Waals surface area contributed by atoms with Crippen LogP contribution in [0.3, 0.4) is 0 Å². The van der Waals surface area contributed by atoms with Crippen molar-refractivity contribution in [3.63, 3.8) is 0 Å². The Labute approximate surface area is 124 Å². The maximum absolute atomic E-state index is 4.59. The molecule has 3 rings (SSSR count). The molecule has 0 N–H and O–H groups in total. The lowest BCUT2D eigenvalue weighted by atomic mass is 10.2. The molecular formula is C18H15N3. The predicted molar refractivity (Wildman–Crippen MR) is 85.4 cm³/mol. The van der Waals surface area contributed by atoms with Gasteiger partial charge in [-0.1, -0.05) is 67.2 Å². The zero-order valence-corrected chi connectivity index (χ0v) is 11.8. The molecule has 0 aliphatic rings. The van der Waals surface area contributed by atoms with E-state index in [9.17, 15) is 0 Å². The molecule has 21 heavy (non-hydrogen) atoms. The van der Waals surface area contributed by atoms with Crippen LogP contribution in [0, 0.1) is 0 Å². The molecule has 0 bridgehead atoms. The molecule has 1 aromatic heterocycles. The standard InChI is InChI=1S/C18H15N3/c1-13(2)16-19-17(14-9-5-3-6-10-14)21-18(20-16)15-11-7-4-8-12-15/h3-12H,1H2,2H3. The van der Waals surface area contributed by atoms with Crippen molar-refractivity contribution in [2.24, 2.45) is 0 Å². The van der Waals surface area contributed by atoms with Gasteiger partial charge >= 0.3 is 0 Å². The highest BCUT2D eigenvalue weighted by Gasteiger charge is 2.10. The zero-order valence-electron chi connectivity index (χ0n) is 11.8. The van der Waals surface area contributed by atoms with Gasteiger partial charge in [-0.3, -0.25) is 0 Å². The van der Waals surface area contributed by atoms with Crippen molar-refractivity contribution in [1.82, 2.24) is 15.0 Å². The second-order valence-corrected chi connectivity index (χ2v) is 4.82. The third-order valence-corrected chi connectivity index (χ3v) is 3.08. The minimum absolute atomic E-state index is 0.628. The number of aromatic nitrogens is 3. The van der Waals surface area contributed by atoms with Gasteiger partial charge in [0.15, 0.2) is 17.5 Å². The van der Waals surface area contributed by atoms with Gasteiger partial charge in [0.2, 0.25) is 0 Å². The molecular weight excluding hydrogens is 258 g/mol. The van der Waals surface area contributed by atoms with Gasteiger partial charge in [0.05, 0.1) is 0 Å². The summed E-state index contributed by atoms with van der Waals surface area (Å²) in [6, 6.07) is 19.8. The fraction of sp³-hybridized carbons (Fsp3) is 0.0556. The van der Waals surface area contributed by atoms with Crippen molar-refractivity contribution < 1.29 is 0 Å². The molecule has 1 heterocycles. The zero-order chi connectivity index (χ0) is 14.7. The fourth-order valence-corrected chi connectivity index (χ4v) is 2.00. The smallest absolute Gasteiger partial charge is 0.164 e. The number of rotatable bonds is 3. The number of nitrogens with zero attached hydrogens (tertiary/aromatic N) is 3. The van der Waals surface area contributed by atoms with Gasteiger partial charge in [-0.15, -0.1) is 0 Å². The quantitative estimate of drug-likeness (QED) is 0.716. The van der Waals surface area contributed by atoms with E-state index in [4.69, 9.17) is 0 Å². The van der Waals surface area contributed by atoms with Gasteiger partial charge in [-0.2, -0.15) is 0 Å². The average Bonchev–Trinajstić information content (AvgIpc) is 2.56. The van der Waals surface area contributed by atoms with E-state index in [0.29, 0.717) is 17.5 Å². The highest BCUT2D eigenvalue weighted by atomic mass is 15.0. The van der Waals surface area contributed by atoms with Crippen LogP contribution < -0.4 is 0 Å². The Morgan fingerprint density at radius 2 is 1.14 bits per heavy atom. The lowest BCUT2D eigenvalue weighted by Crippen LogP contribution is -2.01. The molecule has 0 amide bonds. The third kappa shape index (κ3) is 2.87. The first-order valence-corrected chi connectivity index (χ1v) is 6.77. The highest BCUT2D eigenvalue weighted by molar-refractivity contribution is 5.65. The minimum Gasteiger partial charge on any atom is -0.209 e. The van der Waals surface area contributed by atoms with Crippen molar-refractivity contribution in [1.29, 1.82) is 0 Å². The van der Waals surface area contributed by atoms with Crippen molar-refractivity contribution in [2.45, 2.75) is 6.92 Å². The largest absolute Gasteiger partial charge is 0.209 e. The Bertz CT molecular complexity index is 707. The predicted octanol–water partition coefficient (Wildman–Crippen LogP) is 4.24. The summed E-state index contributed by atoms with van der Waals surface area (Å²) < 4.78 is 0. The van der Waals surface area contributed by atoms with Gasteiger partial charge in [-0.25, -0.2) is 15.0 Å². The number of hydrogen-bond donors (Lipinski definition) is 0. The molecule has 0 radical (unpaired) electrons. The Kier molecular flexibility index (Phi) is 3.56. The molecule has 3 aromatic rings. The van der Waals surface area contributed by atoms with Gasteiger partial charge in [-0.05, 0) is 12.5 Å². The highest BCUT2D eigenvalue weighted by Crippen LogP contribution is 2.21. The normalized spacial score (nSPS) is 10.3. The molecule has 0 saturated heterocycles. The van der Waals surface area contributed by atoms with E-state index in [0.717, 1.165) is 16.7 Å². The molecule has 0 saturated carbocycles. The first-order chi connectivity index (χ1) is 10.2. The molecule has 0 fully saturated rings. The van der Waals surface area contributed by atoms with E-state index < -0.39 is 0 Å². The molecule has 0 atom stereocenters. The lowest BCUT2D eigenvalue weighted by Gasteiger charge is -2.07. The van der Waals surface area contributed by atoms with Crippen LogP contribution in [0.25, 0.3) is 28.3 Å². The monoisotopic (exact) mass is 273 g/mol. The molecule has 2 aromatic carbocycles. The molecule has 0 aliphatic carbocycles. The summed E-state index contributed by atoms with van der Waals surface area (Å²) in [5.41, 5.74) is 2.77. The van der Waals surface area contributed by atoms with Crippen LogP contribution in [-0.4, -0.2) is 15.0 Å². The van der Waals surface area contributed by atoms with Crippen LogP contribution in [0.2, 0.25) is 0 Å². The number of allylic oxidation sites excluding steroid dienone is 1. The van der Waals surface area contributed by atoms with E-state index in [1.807, 2.05) is 67.6 Å². The lowest BCUT2D eigenvalue weighted by molar-refractivity contribution is 1.03. The van der Waals surface area contributed by atoms with Crippen LogP contribution in [0.4, 0.5) is 0 Å². The van der Waals surface area contributed by atoms with Crippen molar-refractivity contribution >= 4 is 5.57 Å². The summed E-state index contributed by atoms with van der Waals surface area (Å²) in [5, 5.41) is 0. The van der Waals surface area contributed by atoms with Gasteiger partial charge < -0.3 is 0 Å². The summed E-state index contributed by atoms with van der Waals surface area (Å²) in [5.74, 6) is 1.97. The van der Waals surface area contributed by atoms with Crippen LogP contribution >= 0.6 is 0 Å². The van der Waals surface area contributed by atoms with E-state index in [2.05, 4.69) is 21.5 Å². The average molecular weight is 273 g/mol. The van der Waals surface area contributed by atoms with E-state index >= 15 is 0 Å². The summed E-state index contributed by atoms with van der Waals surface area (Å²) in [6.07, 6.45) is 0. The van der Waals surface area contributed by atoms with Gasteiger partial charge in [0, 0.05) is 11.1 Å². The first-order valence-electron chi connectivity index (χ1n) is 6.77. The summed E-state index contributed by atoms with van der Waals surface area (Å²) in [4.78, 5) is 13.6. The van der Waals surface area contributed by atoms with Crippen LogP contribution in [-0.2, 0) is 0 Å². The number of benzene rings is 2.